The molecule has 3 nitrogen and oxygen atoms in total. The lowest BCUT2D eigenvalue weighted by Gasteiger charge is -2.44. The van der Waals surface area contributed by atoms with Gasteiger partial charge in [-0.25, -0.2) is 0 Å². The number of benzene rings is 2. The van der Waals surface area contributed by atoms with Crippen LogP contribution in [0.1, 0.15) is 74.0 Å². The molecule has 35 heavy (non-hydrogen) atoms. The van der Waals surface area contributed by atoms with Gasteiger partial charge in [0, 0.05) is 30.6 Å². The van der Waals surface area contributed by atoms with Gasteiger partial charge in [-0.1, -0.05) is 54.8 Å². The van der Waals surface area contributed by atoms with Crippen molar-refractivity contribution in [2.75, 3.05) is 6.54 Å². The normalized spacial score (nSPS) is 23.6. The number of aliphatic carboxylic acids is 1. The molecule has 2 saturated carbocycles. The Morgan fingerprint density at radius 2 is 1.66 bits per heavy atom. The van der Waals surface area contributed by atoms with Gasteiger partial charge in [0.25, 0.3) is 0 Å². The van der Waals surface area contributed by atoms with Gasteiger partial charge in [0.15, 0.2) is 0 Å². The number of carboxylic acids is 1. The van der Waals surface area contributed by atoms with E-state index in [1.807, 2.05) is 24.3 Å². The monoisotopic (exact) mass is 507 g/mol. The maximum absolute atomic E-state index is 13.2. The zero-order chi connectivity index (χ0) is 25.0. The van der Waals surface area contributed by atoms with Crippen LogP contribution in [0.15, 0.2) is 48.5 Å². The Kier molecular flexibility index (Phi) is 8.43. The molecule has 2 aliphatic rings. The number of hydrogen-bond donors (Lipinski definition) is 1. The molecule has 2 aromatic carbocycles. The Balaban J connectivity index is 1.65. The molecule has 4 rings (SSSR count). The van der Waals surface area contributed by atoms with Crippen LogP contribution in [0.5, 0.6) is 0 Å². The summed E-state index contributed by atoms with van der Waals surface area (Å²) in [6, 6.07) is 13.4. The molecule has 0 heterocycles. The Labute approximate surface area is 210 Å². The highest BCUT2D eigenvalue weighted by atomic mass is 35.5. The number of carboxylic acid groups (broad SMARTS) is 1. The van der Waals surface area contributed by atoms with Gasteiger partial charge in [-0.05, 0) is 79.2 Å². The lowest BCUT2D eigenvalue weighted by Crippen LogP contribution is -2.44. The molecule has 0 aliphatic heterocycles. The van der Waals surface area contributed by atoms with Crippen LogP contribution in [0.4, 0.5) is 13.2 Å². The minimum Gasteiger partial charge on any atom is -0.481 e. The topological polar surface area (TPSA) is 40.5 Å². The molecule has 0 amide bonds. The van der Waals surface area contributed by atoms with Gasteiger partial charge in [0.1, 0.15) is 0 Å². The molecule has 1 N–H and O–H groups in total. The van der Waals surface area contributed by atoms with Crippen molar-refractivity contribution in [3.63, 3.8) is 0 Å². The molecule has 2 aliphatic carbocycles. The molecule has 0 bridgehead atoms. The first-order chi connectivity index (χ1) is 16.7. The molecule has 0 radical (unpaired) electrons. The zero-order valence-electron chi connectivity index (χ0n) is 19.8. The van der Waals surface area contributed by atoms with Crippen molar-refractivity contribution < 1.29 is 23.1 Å². The minimum absolute atomic E-state index is 0.0182. The van der Waals surface area contributed by atoms with E-state index in [-0.39, 0.29) is 24.3 Å². The van der Waals surface area contributed by atoms with E-state index in [0.29, 0.717) is 18.9 Å². The SMILES string of the molecule is O=C(O)C[C@@H]1CC[C@@H](N(Cc2ccccc2Cl)CC2CCCC2)[C@H](c2ccc(C(F)(F)F)cc2)C1. The minimum atomic E-state index is -4.38. The van der Waals surface area contributed by atoms with E-state index in [9.17, 15) is 23.1 Å². The van der Waals surface area contributed by atoms with E-state index in [0.717, 1.165) is 47.7 Å². The van der Waals surface area contributed by atoms with Crippen LogP contribution in [0.3, 0.4) is 0 Å². The van der Waals surface area contributed by atoms with Gasteiger partial charge < -0.3 is 5.11 Å². The van der Waals surface area contributed by atoms with Crippen LogP contribution in [0, 0.1) is 11.8 Å². The Morgan fingerprint density at radius 1 is 0.971 bits per heavy atom. The van der Waals surface area contributed by atoms with Crippen molar-refractivity contribution in [3.05, 3.63) is 70.2 Å². The Hall–Kier alpha value is -2.05. The third-order valence-electron chi connectivity index (χ3n) is 7.82. The first kappa shape index (κ1) is 26.0. The second-order valence-electron chi connectivity index (χ2n) is 10.2. The van der Waals surface area contributed by atoms with E-state index < -0.39 is 17.7 Å². The number of halogens is 4. The number of carbonyl (C=O) groups is 1. The maximum Gasteiger partial charge on any atom is 0.416 e. The van der Waals surface area contributed by atoms with E-state index >= 15 is 0 Å². The van der Waals surface area contributed by atoms with Crippen LogP contribution < -0.4 is 0 Å². The lowest BCUT2D eigenvalue weighted by atomic mass is 9.72. The summed E-state index contributed by atoms with van der Waals surface area (Å²) in [5.41, 5.74) is 1.24. The smallest absolute Gasteiger partial charge is 0.416 e. The predicted octanol–water partition coefficient (Wildman–Crippen LogP) is 7.78. The Morgan fingerprint density at radius 3 is 2.29 bits per heavy atom. The summed E-state index contributed by atoms with van der Waals surface area (Å²) >= 11 is 6.52. The second-order valence-corrected chi connectivity index (χ2v) is 10.6. The van der Waals surface area contributed by atoms with Crippen LogP contribution in [0.2, 0.25) is 5.02 Å². The quantitative estimate of drug-likeness (QED) is 0.396. The van der Waals surface area contributed by atoms with Crippen molar-refractivity contribution >= 4 is 17.6 Å². The van der Waals surface area contributed by atoms with Crippen LogP contribution in [0.25, 0.3) is 0 Å². The molecule has 7 heteroatoms. The third-order valence-corrected chi connectivity index (χ3v) is 8.19. The standard InChI is InChI=1S/C28H33ClF3NO2/c29-25-8-4-3-7-22(25)18-33(17-19-5-1-2-6-19)26-14-9-20(16-27(34)35)15-24(26)21-10-12-23(13-11-21)28(30,31)32/h3-4,7-8,10-13,19-20,24,26H,1-2,5-6,9,14-18H2,(H,34,35)/t20-,24+,26-/m1/s1. The third kappa shape index (κ3) is 6.79. The first-order valence-corrected chi connectivity index (χ1v) is 12.9. The summed E-state index contributed by atoms with van der Waals surface area (Å²) in [6.07, 6.45) is 2.85. The summed E-state index contributed by atoms with van der Waals surface area (Å²) < 4.78 is 39.6. The summed E-state index contributed by atoms with van der Waals surface area (Å²) in [6.45, 7) is 1.61. The van der Waals surface area contributed by atoms with Crippen LogP contribution in [-0.2, 0) is 17.5 Å². The summed E-state index contributed by atoms with van der Waals surface area (Å²) in [4.78, 5) is 13.9. The fourth-order valence-corrected chi connectivity index (χ4v) is 6.27. The number of alkyl halides is 3. The molecule has 2 fully saturated rings. The average Bonchev–Trinajstić information content (AvgIpc) is 3.32. The molecule has 2 aromatic rings. The highest BCUT2D eigenvalue weighted by Gasteiger charge is 2.38. The molecule has 0 aromatic heterocycles. The van der Waals surface area contributed by atoms with Gasteiger partial charge in [0.2, 0.25) is 0 Å². The number of hydrogen-bond acceptors (Lipinski definition) is 2. The maximum atomic E-state index is 13.2. The molecule has 190 valence electrons. The Bertz CT molecular complexity index is 988. The van der Waals surface area contributed by atoms with Crippen molar-refractivity contribution in [1.29, 1.82) is 0 Å². The fraction of sp³-hybridized carbons (Fsp3) is 0.536. The summed E-state index contributed by atoms with van der Waals surface area (Å²) in [5.74, 6) is -0.232. The number of rotatable bonds is 8. The van der Waals surface area contributed by atoms with Gasteiger partial charge in [-0.2, -0.15) is 13.2 Å². The molecule has 0 saturated heterocycles. The highest BCUT2D eigenvalue weighted by molar-refractivity contribution is 6.31. The molecule has 3 atom stereocenters. The molecule has 0 spiro atoms. The zero-order valence-corrected chi connectivity index (χ0v) is 20.6. The molecule has 0 unspecified atom stereocenters. The fourth-order valence-electron chi connectivity index (χ4n) is 6.08. The first-order valence-electron chi connectivity index (χ1n) is 12.6. The number of nitrogens with zero attached hydrogens (tertiary/aromatic N) is 1. The largest absolute Gasteiger partial charge is 0.481 e. The summed E-state index contributed by atoms with van der Waals surface area (Å²) in [7, 11) is 0. The summed E-state index contributed by atoms with van der Waals surface area (Å²) in [5, 5.41) is 10.1. The van der Waals surface area contributed by atoms with E-state index in [1.54, 1.807) is 12.1 Å². The predicted molar refractivity (Wildman–Crippen MR) is 131 cm³/mol. The van der Waals surface area contributed by atoms with E-state index in [1.165, 1.54) is 25.7 Å². The molecular weight excluding hydrogens is 475 g/mol. The van der Waals surface area contributed by atoms with Crippen LogP contribution in [-0.4, -0.2) is 28.6 Å². The van der Waals surface area contributed by atoms with Gasteiger partial charge in [-0.15, -0.1) is 0 Å². The van der Waals surface area contributed by atoms with Crippen molar-refractivity contribution in [2.24, 2.45) is 11.8 Å². The van der Waals surface area contributed by atoms with Crippen molar-refractivity contribution in [1.82, 2.24) is 4.90 Å². The van der Waals surface area contributed by atoms with E-state index in [2.05, 4.69) is 4.90 Å². The second kappa shape index (κ2) is 11.3. The highest BCUT2D eigenvalue weighted by Crippen LogP contribution is 2.43. The van der Waals surface area contributed by atoms with E-state index in [4.69, 9.17) is 11.6 Å². The molecular formula is C28H33ClF3NO2. The van der Waals surface area contributed by atoms with Gasteiger partial charge >= 0.3 is 12.1 Å². The van der Waals surface area contributed by atoms with Crippen molar-refractivity contribution in [2.45, 2.75) is 76.0 Å². The van der Waals surface area contributed by atoms with Gasteiger partial charge in [-0.3, -0.25) is 9.69 Å². The van der Waals surface area contributed by atoms with Crippen LogP contribution >= 0.6 is 11.6 Å². The average molecular weight is 508 g/mol. The van der Waals surface area contributed by atoms with Gasteiger partial charge in [0.05, 0.1) is 5.56 Å². The van der Waals surface area contributed by atoms with Crippen molar-refractivity contribution in [3.8, 4) is 0 Å². The lowest BCUT2D eigenvalue weighted by molar-refractivity contribution is -0.139.